The predicted molar refractivity (Wildman–Crippen MR) is 158 cm³/mol. The number of benzene rings is 3. The number of fused-ring (bicyclic) bond motifs is 1. The molecule has 0 aliphatic carbocycles. The highest BCUT2D eigenvalue weighted by atomic mass is 16.5. The molecule has 0 atom stereocenters. The number of hydrogen-bond donors (Lipinski definition) is 0. The minimum atomic E-state index is -0.412. The molecule has 0 N–H and O–H groups in total. The van der Waals surface area contributed by atoms with Crippen LogP contribution in [0.5, 0.6) is 5.75 Å². The van der Waals surface area contributed by atoms with Crippen LogP contribution in [0, 0.1) is 0 Å². The lowest BCUT2D eigenvalue weighted by Crippen LogP contribution is -2.05. The first-order valence-corrected chi connectivity index (χ1v) is 13.2. The lowest BCUT2D eigenvalue weighted by molar-refractivity contribution is 0.0600. The summed E-state index contributed by atoms with van der Waals surface area (Å²) in [5.41, 5.74) is 7.93. The van der Waals surface area contributed by atoms with E-state index >= 15 is 0 Å². The molecule has 0 amide bonds. The molecule has 202 valence electrons. The maximum Gasteiger partial charge on any atom is 0.337 e. The number of methoxy groups -OCH3 is 1. The number of pyridine rings is 1. The number of rotatable bonds is 7. The van der Waals surface area contributed by atoms with Crippen LogP contribution in [0.15, 0.2) is 104 Å². The minimum Gasteiger partial charge on any atom is -0.491 e. The molecular formula is C33H27N5O3. The average Bonchev–Trinajstić information content (AvgIpc) is 3.46. The SMILES string of the molecule is COC(=O)c1cccc(-n2nc(-c3ccc(-c4ccc(OC(C)C)cc4)nc3)cc2-c2ccc3nccnc3c2)c1. The molecule has 3 heterocycles. The molecule has 0 radical (unpaired) electrons. The molecule has 0 aliphatic rings. The van der Waals surface area contributed by atoms with Crippen molar-refractivity contribution in [2.45, 2.75) is 20.0 Å². The normalized spacial score (nSPS) is 11.1. The molecule has 0 bridgehead atoms. The Hall–Kier alpha value is -5.37. The van der Waals surface area contributed by atoms with Gasteiger partial charge in [-0.2, -0.15) is 5.10 Å². The van der Waals surface area contributed by atoms with Gasteiger partial charge in [0.05, 0.1) is 52.6 Å². The smallest absolute Gasteiger partial charge is 0.337 e. The summed E-state index contributed by atoms with van der Waals surface area (Å²) in [4.78, 5) is 25.8. The summed E-state index contributed by atoms with van der Waals surface area (Å²) < 4.78 is 12.5. The Morgan fingerprint density at radius 3 is 2.24 bits per heavy atom. The first-order valence-electron chi connectivity index (χ1n) is 13.2. The third-order valence-corrected chi connectivity index (χ3v) is 6.57. The van der Waals surface area contributed by atoms with Gasteiger partial charge < -0.3 is 9.47 Å². The number of nitrogens with zero attached hydrogens (tertiary/aromatic N) is 5. The van der Waals surface area contributed by atoms with Crippen molar-refractivity contribution in [1.82, 2.24) is 24.7 Å². The van der Waals surface area contributed by atoms with Gasteiger partial charge in [0, 0.05) is 35.3 Å². The number of esters is 1. The zero-order valence-electron chi connectivity index (χ0n) is 22.9. The van der Waals surface area contributed by atoms with Gasteiger partial charge in [-0.3, -0.25) is 15.0 Å². The van der Waals surface area contributed by atoms with Gasteiger partial charge in [0.15, 0.2) is 0 Å². The Morgan fingerprint density at radius 2 is 1.51 bits per heavy atom. The second-order valence-corrected chi connectivity index (χ2v) is 9.75. The maximum atomic E-state index is 12.3. The van der Waals surface area contributed by atoms with Crippen molar-refractivity contribution in [3.8, 4) is 45.2 Å². The zero-order valence-corrected chi connectivity index (χ0v) is 22.9. The zero-order chi connectivity index (χ0) is 28.3. The molecule has 3 aromatic carbocycles. The summed E-state index contributed by atoms with van der Waals surface area (Å²) in [7, 11) is 1.37. The number of carbonyl (C=O) groups is 1. The van der Waals surface area contributed by atoms with E-state index in [1.165, 1.54) is 7.11 Å². The van der Waals surface area contributed by atoms with Crippen LogP contribution < -0.4 is 4.74 Å². The summed E-state index contributed by atoms with van der Waals surface area (Å²) in [6.07, 6.45) is 5.29. The fourth-order valence-electron chi connectivity index (χ4n) is 4.62. The van der Waals surface area contributed by atoms with Crippen molar-refractivity contribution >= 4 is 17.0 Å². The highest BCUT2D eigenvalue weighted by Crippen LogP contribution is 2.31. The van der Waals surface area contributed by atoms with E-state index in [0.29, 0.717) is 5.56 Å². The Morgan fingerprint density at radius 1 is 0.756 bits per heavy atom. The summed E-state index contributed by atoms with van der Waals surface area (Å²) >= 11 is 0. The van der Waals surface area contributed by atoms with Crippen molar-refractivity contribution in [2.75, 3.05) is 7.11 Å². The van der Waals surface area contributed by atoms with E-state index in [9.17, 15) is 4.79 Å². The molecule has 41 heavy (non-hydrogen) atoms. The van der Waals surface area contributed by atoms with E-state index in [4.69, 9.17) is 19.6 Å². The van der Waals surface area contributed by atoms with Gasteiger partial charge in [0.1, 0.15) is 5.75 Å². The van der Waals surface area contributed by atoms with E-state index in [1.807, 2.05) is 97.5 Å². The largest absolute Gasteiger partial charge is 0.491 e. The second kappa shape index (κ2) is 11.0. The maximum absolute atomic E-state index is 12.3. The van der Waals surface area contributed by atoms with Crippen molar-refractivity contribution in [2.24, 2.45) is 0 Å². The summed E-state index contributed by atoms with van der Waals surface area (Å²) in [5, 5.41) is 4.95. The van der Waals surface area contributed by atoms with Gasteiger partial charge in [-0.1, -0.05) is 12.1 Å². The van der Waals surface area contributed by atoms with Crippen LogP contribution in [0.4, 0.5) is 0 Å². The van der Waals surface area contributed by atoms with Crippen LogP contribution in [0.1, 0.15) is 24.2 Å². The summed E-state index contributed by atoms with van der Waals surface area (Å²) in [5.74, 6) is 0.416. The Labute approximate surface area is 237 Å². The molecule has 0 unspecified atom stereocenters. The molecule has 0 aliphatic heterocycles. The van der Waals surface area contributed by atoms with E-state index in [1.54, 1.807) is 24.5 Å². The number of aromatic nitrogens is 5. The highest BCUT2D eigenvalue weighted by molar-refractivity contribution is 5.90. The van der Waals surface area contributed by atoms with Crippen molar-refractivity contribution in [1.29, 1.82) is 0 Å². The number of ether oxygens (including phenoxy) is 2. The topological polar surface area (TPSA) is 92.0 Å². The van der Waals surface area contributed by atoms with Crippen molar-refractivity contribution < 1.29 is 14.3 Å². The fourth-order valence-corrected chi connectivity index (χ4v) is 4.62. The first-order chi connectivity index (χ1) is 20.0. The quantitative estimate of drug-likeness (QED) is 0.206. The van der Waals surface area contributed by atoms with E-state index < -0.39 is 5.97 Å². The molecule has 6 rings (SSSR count). The number of carbonyl (C=O) groups excluding carboxylic acids is 1. The Bertz CT molecular complexity index is 1840. The molecule has 8 heteroatoms. The van der Waals surface area contributed by atoms with Crippen LogP contribution in [-0.4, -0.2) is 43.9 Å². The van der Waals surface area contributed by atoms with Crippen LogP contribution in [0.2, 0.25) is 0 Å². The van der Waals surface area contributed by atoms with E-state index in [0.717, 1.165) is 56.2 Å². The summed E-state index contributed by atoms with van der Waals surface area (Å²) in [6, 6.07) is 27.0. The molecule has 8 nitrogen and oxygen atoms in total. The van der Waals surface area contributed by atoms with Crippen molar-refractivity contribution in [3.63, 3.8) is 0 Å². The van der Waals surface area contributed by atoms with Gasteiger partial charge in [-0.25, -0.2) is 9.48 Å². The van der Waals surface area contributed by atoms with Gasteiger partial charge in [0.25, 0.3) is 0 Å². The lowest BCUT2D eigenvalue weighted by atomic mass is 10.1. The van der Waals surface area contributed by atoms with Crippen molar-refractivity contribution in [3.05, 3.63) is 109 Å². The summed E-state index contributed by atoms with van der Waals surface area (Å²) in [6.45, 7) is 4.01. The molecule has 0 saturated carbocycles. The third-order valence-electron chi connectivity index (χ3n) is 6.57. The van der Waals surface area contributed by atoms with Gasteiger partial charge in [-0.05, 0) is 86.6 Å². The van der Waals surface area contributed by atoms with E-state index in [-0.39, 0.29) is 6.10 Å². The van der Waals surface area contributed by atoms with E-state index in [2.05, 4.69) is 9.97 Å². The molecule has 0 saturated heterocycles. The molecule has 3 aromatic heterocycles. The van der Waals surface area contributed by atoms with Crippen LogP contribution in [-0.2, 0) is 4.74 Å². The fraction of sp³-hybridized carbons (Fsp3) is 0.121. The van der Waals surface area contributed by atoms with Crippen LogP contribution in [0.25, 0.3) is 50.5 Å². The lowest BCUT2D eigenvalue weighted by Gasteiger charge is -2.10. The highest BCUT2D eigenvalue weighted by Gasteiger charge is 2.16. The molecule has 0 spiro atoms. The minimum absolute atomic E-state index is 0.119. The average molecular weight is 542 g/mol. The predicted octanol–water partition coefficient (Wildman–Crippen LogP) is 6.79. The Balaban J connectivity index is 1.40. The third kappa shape index (κ3) is 5.40. The van der Waals surface area contributed by atoms with Crippen LogP contribution >= 0.6 is 0 Å². The van der Waals surface area contributed by atoms with Gasteiger partial charge in [-0.15, -0.1) is 0 Å². The van der Waals surface area contributed by atoms with Crippen LogP contribution in [0.3, 0.4) is 0 Å². The molecular weight excluding hydrogens is 514 g/mol. The van der Waals surface area contributed by atoms with Gasteiger partial charge in [0.2, 0.25) is 0 Å². The number of hydrogen-bond acceptors (Lipinski definition) is 7. The first kappa shape index (κ1) is 25.9. The standard InChI is InChI=1S/C33H27N5O3/c1-21(2)41-27-11-7-22(8-12-27)28-13-10-25(20-36-28)30-19-32(23-9-14-29-31(18-23)35-16-15-34-29)38(37-30)26-6-4-5-24(17-26)33(39)40-3/h4-21H,1-3H3. The molecule has 0 fully saturated rings. The monoisotopic (exact) mass is 541 g/mol. The molecule has 6 aromatic rings. The van der Waals surface area contributed by atoms with Gasteiger partial charge >= 0.3 is 5.97 Å². The Kier molecular flexibility index (Phi) is 6.95. The second-order valence-electron chi connectivity index (χ2n) is 9.75.